The number of aromatic nitrogens is 1. The maximum Gasteiger partial charge on any atom is 0.228 e. The average Bonchev–Trinajstić information content (AvgIpc) is 3.14. The fourth-order valence-corrected chi connectivity index (χ4v) is 3.46. The van der Waals surface area contributed by atoms with E-state index in [0.717, 1.165) is 10.6 Å². The van der Waals surface area contributed by atoms with E-state index in [-0.39, 0.29) is 24.2 Å². The number of carbonyl (C=O) groups is 1. The van der Waals surface area contributed by atoms with Gasteiger partial charge < -0.3 is 9.64 Å². The van der Waals surface area contributed by atoms with Gasteiger partial charge in [-0.05, 0) is 48.9 Å². The summed E-state index contributed by atoms with van der Waals surface area (Å²) >= 11 is 7.31. The fourth-order valence-electron chi connectivity index (χ4n) is 2.63. The summed E-state index contributed by atoms with van der Waals surface area (Å²) in [5, 5.41) is 3.32. The lowest BCUT2D eigenvalue weighted by atomic mass is 10.1. The Morgan fingerprint density at radius 1 is 1.21 bits per heavy atom. The zero-order valence-electron chi connectivity index (χ0n) is 15.6. The van der Waals surface area contributed by atoms with Gasteiger partial charge in [-0.25, -0.2) is 9.37 Å². The number of likely N-dealkylation sites (N-methyl/N-ethyl adjacent to an activating group) is 1. The van der Waals surface area contributed by atoms with Gasteiger partial charge in [0.25, 0.3) is 0 Å². The average molecular weight is 419 g/mol. The van der Waals surface area contributed by atoms with Crippen molar-refractivity contribution in [1.82, 2.24) is 9.88 Å². The normalized spacial score (nSPS) is 11.9. The van der Waals surface area contributed by atoms with Crippen LogP contribution in [0, 0.1) is 5.82 Å². The van der Waals surface area contributed by atoms with Crippen molar-refractivity contribution < 1.29 is 13.9 Å². The molecular formula is C21H20ClFN2O2S. The molecule has 1 amide bonds. The molecule has 0 spiro atoms. The smallest absolute Gasteiger partial charge is 0.228 e. The minimum absolute atomic E-state index is 0.0488. The Morgan fingerprint density at radius 2 is 1.89 bits per heavy atom. The summed E-state index contributed by atoms with van der Waals surface area (Å²) in [6.45, 7) is 2.25. The first kappa shape index (κ1) is 20.3. The number of thiazole rings is 1. The molecule has 0 saturated carbocycles. The van der Waals surface area contributed by atoms with E-state index in [9.17, 15) is 9.18 Å². The van der Waals surface area contributed by atoms with Crippen molar-refractivity contribution in [2.75, 3.05) is 7.05 Å². The highest BCUT2D eigenvalue weighted by Crippen LogP contribution is 2.21. The predicted molar refractivity (Wildman–Crippen MR) is 109 cm³/mol. The zero-order chi connectivity index (χ0) is 20.1. The summed E-state index contributed by atoms with van der Waals surface area (Å²) in [7, 11) is 1.74. The van der Waals surface area contributed by atoms with Crippen LogP contribution >= 0.6 is 22.9 Å². The van der Waals surface area contributed by atoms with Crippen LogP contribution in [-0.2, 0) is 17.8 Å². The van der Waals surface area contributed by atoms with Gasteiger partial charge in [-0.1, -0.05) is 23.7 Å². The zero-order valence-corrected chi connectivity index (χ0v) is 17.1. The molecule has 0 aliphatic rings. The minimum atomic E-state index is -0.291. The summed E-state index contributed by atoms with van der Waals surface area (Å²) in [6, 6.07) is 13.2. The van der Waals surface area contributed by atoms with Gasteiger partial charge in [0, 0.05) is 17.5 Å². The second-order valence-electron chi connectivity index (χ2n) is 6.38. The molecule has 1 atom stereocenters. The third kappa shape index (κ3) is 5.30. The van der Waals surface area contributed by atoms with Crippen LogP contribution in [-0.4, -0.2) is 22.8 Å². The fraction of sp³-hybridized carbons (Fsp3) is 0.238. The molecule has 1 aromatic heterocycles. The number of rotatable bonds is 7. The van der Waals surface area contributed by atoms with Gasteiger partial charge in [0.05, 0.1) is 18.2 Å². The van der Waals surface area contributed by atoms with E-state index >= 15 is 0 Å². The Kier molecular flexibility index (Phi) is 6.65. The van der Waals surface area contributed by atoms with Crippen LogP contribution in [0.2, 0.25) is 5.02 Å². The first-order valence-corrected chi connectivity index (χ1v) is 10.0. The van der Waals surface area contributed by atoms with Crippen LogP contribution in [0.15, 0.2) is 53.9 Å². The highest BCUT2D eigenvalue weighted by atomic mass is 35.5. The minimum Gasteiger partial charge on any atom is -0.486 e. The van der Waals surface area contributed by atoms with Crippen LogP contribution in [0.1, 0.15) is 29.2 Å². The van der Waals surface area contributed by atoms with Crippen LogP contribution < -0.4 is 4.74 Å². The predicted octanol–water partition coefficient (Wildman–Crippen LogP) is 5.28. The maximum absolute atomic E-state index is 13.1. The molecule has 0 bridgehead atoms. The number of ether oxygens (including phenoxy) is 1. The summed E-state index contributed by atoms with van der Waals surface area (Å²) in [4.78, 5) is 18.7. The number of hydrogen-bond donors (Lipinski definition) is 0. The van der Waals surface area contributed by atoms with Crippen LogP contribution in [0.4, 0.5) is 4.39 Å². The van der Waals surface area contributed by atoms with Crippen LogP contribution in [0.25, 0.3) is 0 Å². The number of carbonyl (C=O) groups excluding carboxylic acids is 1. The van der Waals surface area contributed by atoms with Gasteiger partial charge in [-0.2, -0.15) is 0 Å². The molecule has 0 aliphatic carbocycles. The molecule has 1 heterocycles. The van der Waals surface area contributed by atoms with Crippen molar-refractivity contribution in [2.45, 2.75) is 26.0 Å². The summed E-state index contributed by atoms with van der Waals surface area (Å²) in [5.74, 6) is 0.373. The maximum atomic E-state index is 13.1. The van der Waals surface area contributed by atoms with E-state index in [1.54, 1.807) is 48.3 Å². The third-order valence-electron chi connectivity index (χ3n) is 4.43. The van der Waals surface area contributed by atoms with E-state index in [1.807, 2.05) is 12.3 Å². The van der Waals surface area contributed by atoms with Gasteiger partial charge in [-0.15, -0.1) is 11.3 Å². The van der Waals surface area contributed by atoms with Gasteiger partial charge >= 0.3 is 0 Å². The first-order valence-electron chi connectivity index (χ1n) is 8.75. The SMILES string of the molecule is C[C@H](c1ccc(F)cc1)N(C)C(=O)Cc1csc(COc2ccc(Cl)cc2)n1. The molecule has 4 nitrogen and oxygen atoms in total. The van der Waals surface area contributed by atoms with E-state index in [4.69, 9.17) is 16.3 Å². The lowest BCUT2D eigenvalue weighted by molar-refractivity contribution is -0.131. The van der Waals surface area contributed by atoms with E-state index in [0.29, 0.717) is 23.1 Å². The van der Waals surface area contributed by atoms with Crippen molar-refractivity contribution in [2.24, 2.45) is 0 Å². The Labute approximate surface area is 172 Å². The number of benzene rings is 2. The second-order valence-corrected chi connectivity index (χ2v) is 7.76. The van der Waals surface area contributed by atoms with Crippen molar-refractivity contribution in [1.29, 1.82) is 0 Å². The van der Waals surface area contributed by atoms with Gasteiger partial charge in [-0.3, -0.25) is 4.79 Å². The number of hydrogen-bond acceptors (Lipinski definition) is 4. The molecule has 0 radical (unpaired) electrons. The molecular weight excluding hydrogens is 399 g/mol. The standard InChI is InChI=1S/C21H20ClFN2O2S/c1-14(15-3-7-17(23)8-4-15)25(2)21(26)11-18-13-28-20(24-18)12-27-19-9-5-16(22)6-10-19/h3-10,13-14H,11-12H2,1-2H3/t14-/m1/s1. The quantitative estimate of drug-likeness (QED) is 0.524. The van der Waals surface area contributed by atoms with Gasteiger partial charge in [0.2, 0.25) is 5.91 Å². The molecule has 0 unspecified atom stereocenters. The second kappa shape index (κ2) is 9.17. The lowest BCUT2D eigenvalue weighted by Crippen LogP contribution is -2.31. The molecule has 3 aromatic rings. The molecule has 2 aromatic carbocycles. The lowest BCUT2D eigenvalue weighted by Gasteiger charge is -2.25. The number of amides is 1. The Hall–Kier alpha value is -2.44. The topological polar surface area (TPSA) is 42.4 Å². The van der Waals surface area contributed by atoms with E-state index in [1.165, 1.54) is 23.5 Å². The molecule has 146 valence electrons. The largest absolute Gasteiger partial charge is 0.486 e. The van der Waals surface area contributed by atoms with E-state index in [2.05, 4.69) is 4.98 Å². The van der Waals surface area contributed by atoms with Crippen molar-refractivity contribution in [3.8, 4) is 5.75 Å². The summed E-state index contributed by atoms with van der Waals surface area (Å²) < 4.78 is 18.8. The monoisotopic (exact) mass is 418 g/mol. The Morgan fingerprint density at radius 3 is 2.57 bits per heavy atom. The number of nitrogens with zero attached hydrogens (tertiary/aromatic N) is 2. The van der Waals surface area contributed by atoms with Crippen LogP contribution in [0.3, 0.4) is 0 Å². The molecule has 0 N–H and O–H groups in total. The van der Waals surface area contributed by atoms with Gasteiger partial charge in [0.1, 0.15) is 23.2 Å². The Balaban J connectivity index is 1.55. The molecule has 7 heteroatoms. The molecule has 28 heavy (non-hydrogen) atoms. The summed E-state index contributed by atoms with van der Waals surface area (Å²) in [6.07, 6.45) is 0.208. The van der Waals surface area contributed by atoms with Crippen molar-refractivity contribution in [3.05, 3.63) is 81.0 Å². The number of halogens is 2. The van der Waals surface area contributed by atoms with E-state index < -0.39 is 0 Å². The summed E-state index contributed by atoms with van der Waals surface area (Å²) in [5.41, 5.74) is 1.59. The first-order chi connectivity index (χ1) is 13.4. The molecule has 0 fully saturated rings. The molecule has 0 saturated heterocycles. The molecule has 3 rings (SSSR count). The third-order valence-corrected chi connectivity index (χ3v) is 5.56. The Bertz CT molecular complexity index is 928. The van der Waals surface area contributed by atoms with Gasteiger partial charge in [0.15, 0.2) is 0 Å². The molecule has 0 aliphatic heterocycles. The van der Waals surface area contributed by atoms with Crippen molar-refractivity contribution in [3.63, 3.8) is 0 Å². The van der Waals surface area contributed by atoms with Crippen LogP contribution in [0.5, 0.6) is 5.75 Å². The van der Waals surface area contributed by atoms with Crippen molar-refractivity contribution >= 4 is 28.8 Å². The highest BCUT2D eigenvalue weighted by molar-refractivity contribution is 7.09. The highest BCUT2D eigenvalue weighted by Gasteiger charge is 2.19.